The van der Waals surface area contributed by atoms with Gasteiger partial charge in [-0.1, -0.05) is 0 Å². The molecule has 0 bridgehead atoms. The average Bonchev–Trinajstić information content (AvgIpc) is 2.23. The molecule has 112 valence electrons. The van der Waals surface area contributed by atoms with E-state index in [1.54, 1.807) is 0 Å². The quantitative estimate of drug-likeness (QED) is 0.684. The Morgan fingerprint density at radius 1 is 1.30 bits per heavy atom. The third-order valence-corrected chi connectivity index (χ3v) is 2.18. The number of alkyl halides is 7. The minimum Gasteiger partial charge on any atom is -0.478 e. The molecule has 0 aromatic carbocycles. The van der Waals surface area contributed by atoms with Gasteiger partial charge in [0.1, 0.15) is 0 Å². The van der Waals surface area contributed by atoms with Gasteiger partial charge in [0.15, 0.2) is 0 Å². The van der Waals surface area contributed by atoms with Crippen LogP contribution < -0.4 is 4.74 Å². The van der Waals surface area contributed by atoms with Crippen LogP contribution in [0.15, 0.2) is 6.07 Å². The van der Waals surface area contributed by atoms with Gasteiger partial charge in [-0.15, -0.1) is 24.8 Å². The lowest BCUT2D eigenvalue weighted by Crippen LogP contribution is -2.21. The highest BCUT2D eigenvalue weighted by Gasteiger charge is 2.40. The summed E-state index contributed by atoms with van der Waals surface area (Å²) in [5, 5.41) is 8.66. The van der Waals surface area contributed by atoms with Crippen molar-refractivity contribution in [3.8, 4) is 5.88 Å². The number of rotatable bonds is 3. The van der Waals surface area contributed by atoms with Gasteiger partial charge in [0.2, 0.25) is 5.88 Å². The first-order valence-corrected chi connectivity index (χ1v) is 5.15. The van der Waals surface area contributed by atoms with E-state index in [4.69, 9.17) is 16.7 Å². The van der Waals surface area contributed by atoms with Gasteiger partial charge in [0, 0.05) is 6.07 Å². The number of carbonyl (C=O) groups is 1. The molecular formula is C9H4ClF6NO3. The fourth-order valence-electron chi connectivity index (χ4n) is 1.32. The van der Waals surface area contributed by atoms with Crippen molar-refractivity contribution < 1.29 is 41.0 Å². The molecule has 20 heavy (non-hydrogen) atoms. The molecule has 0 saturated heterocycles. The molecule has 0 radical (unpaired) electrons. The van der Waals surface area contributed by atoms with Crippen molar-refractivity contribution in [2.24, 2.45) is 0 Å². The molecule has 0 amide bonds. The number of hydrogen-bond donors (Lipinski definition) is 1. The molecule has 0 aliphatic rings. The topological polar surface area (TPSA) is 59.4 Å². The summed E-state index contributed by atoms with van der Waals surface area (Å²) in [6.07, 6.45) is -10.4. The van der Waals surface area contributed by atoms with E-state index in [-0.39, 0.29) is 6.07 Å². The van der Waals surface area contributed by atoms with E-state index in [9.17, 15) is 31.1 Å². The molecule has 0 unspecified atom stereocenters. The smallest absolute Gasteiger partial charge is 0.478 e. The lowest BCUT2D eigenvalue weighted by molar-refractivity contribution is -0.276. The molecule has 11 heteroatoms. The van der Waals surface area contributed by atoms with Gasteiger partial charge >= 0.3 is 18.5 Å². The van der Waals surface area contributed by atoms with Crippen LogP contribution in [-0.2, 0) is 12.1 Å². The first-order valence-electron chi connectivity index (χ1n) is 4.62. The van der Waals surface area contributed by atoms with Gasteiger partial charge < -0.3 is 9.84 Å². The number of ether oxygens (including phenoxy) is 1. The molecule has 1 heterocycles. The summed E-state index contributed by atoms with van der Waals surface area (Å²) in [4.78, 5) is 13.7. The number of carboxylic acids is 1. The lowest BCUT2D eigenvalue weighted by Gasteiger charge is -2.16. The zero-order valence-corrected chi connectivity index (χ0v) is 9.90. The highest BCUT2D eigenvalue weighted by molar-refractivity contribution is 6.17. The van der Waals surface area contributed by atoms with Crippen LogP contribution in [0.5, 0.6) is 5.88 Å². The van der Waals surface area contributed by atoms with E-state index in [0.717, 1.165) is 0 Å². The Kier molecular flexibility index (Phi) is 4.37. The zero-order chi connectivity index (χ0) is 15.7. The maximum Gasteiger partial charge on any atom is 0.574 e. The molecule has 0 aliphatic carbocycles. The minimum absolute atomic E-state index is 0.0364. The van der Waals surface area contributed by atoms with Crippen LogP contribution in [0.1, 0.15) is 21.6 Å². The van der Waals surface area contributed by atoms with E-state index in [2.05, 4.69) is 9.72 Å². The number of aromatic carboxylic acids is 1. The average molecular weight is 324 g/mol. The van der Waals surface area contributed by atoms with Crippen LogP contribution in [0.25, 0.3) is 0 Å². The summed E-state index contributed by atoms with van der Waals surface area (Å²) in [6, 6.07) is 0.0364. The van der Waals surface area contributed by atoms with E-state index < -0.39 is 47.1 Å². The second-order valence-electron chi connectivity index (χ2n) is 3.31. The van der Waals surface area contributed by atoms with E-state index in [1.165, 1.54) is 0 Å². The molecule has 1 rings (SSSR count). The number of pyridine rings is 1. The SMILES string of the molecule is O=C(O)c1cc(OC(F)(F)F)nc(CCl)c1C(F)(F)F. The monoisotopic (exact) mass is 323 g/mol. The van der Waals surface area contributed by atoms with Crippen LogP contribution in [0, 0.1) is 0 Å². The standard InChI is InChI=1S/C9H4ClF6NO3/c10-2-4-6(8(11,12)13)3(7(18)19)1-5(17-4)20-9(14,15)16/h1H,2H2,(H,18,19). The molecule has 1 aromatic rings. The first-order chi connectivity index (χ1) is 8.95. The Bertz CT molecular complexity index is 528. The first kappa shape index (κ1) is 16.3. The second kappa shape index (κ2) is 5.35. The summed E-state index contributed by atoms with van der Waals surface area (Å²) in [5.41, 5.74) is -4.21. The van der Waals surface area contributed by atoms with Gasteiger partial charge in [0.25, 0.3) is 0 Å². The number of carboxylic acid groups (broad SMARTS) is 1. The van der Waals surface area contributed by atoms with E-state index >= 15 is 0 Å². The fourth-order valence-corrected chi connectivity index (χ4v) is 1.52. The minimum atomic E-state index is -5.23. The fraction of sp³-hybridized carbons (Fsp3) is 0.333. The Balaban J connectivity index is 3.51. The van der Waals surface area contributed by atoms with Crippen molar-refractivity contribution in [2.45, 2.75) is 18.4 Å². The maximum absolute atomic E-state index is 12.7. The largest absolute Gasteiger partial charge is 0.574 e. The normalized spacial score (nSPS) is 12.3. The summed E-state index contributed by atoms with van der Waals surface area (Å²) < 4.78 is 77.3. The Morgan fingerprint density at radius 3 is 2.20 bits per heavy atom. The van der Waals surface area contributed by atoms with E-state index in [0.29, 0.717) is 0 Å². The van der Waals surface area contributed by atoms with Crippen molar-refractivity contribution in [3.63, 3.8) is 0 Å². The van der Waals surface area contributed by atoms with Gasteiger partial charge in [-0.25, -0.2) is 9.78 Å². The van der Waals surface area contributed by atoms with Gasteiger partial charge in [-0.3, -0.25) is 0 Å². The van der Waals surface area contributed by atoms with Crippen LogP contribution in [-0.4, -0.2) is 22.4 Å². The molecule has 1 N–H and O–H groups in total. The van der Waals surface area contributed by atoms with Crippen molar-refractivity contribution in [1.82, 2.24) is 4.98 Å². The van der Waals surface area contributed by atoms with Gasteiger partial charge in [-0.2, -0.15) is 13.2 Å². The Labute approximate surface area is 111 Å². The summed E-state index contributed by atoms with van der Waals surface area (Å²) in [6.45, 7) is 0. The van der Waals surface area contributed by atoms with Crippen LogP contribution in [0.4, 0.5) is 26.3 Å². The van der Waals surface area contributed by atoms with Crippen LogP contribution >= 0.6 is 11.6 Å². The summed E-state index contributed by atoms with van der Waals surface area (Å²) in [5.74, 6) is -4.36. The molecule has 1 aromatic heterocycles. The number of hydrogen-bond acceptors (Lipinski definition) is 3. The van der Waals surface area contributed by atoms with Gasteiger partial charge in [0.05, 0.1) is 22.7 Å². The Hall–Kier alpha value is -1.71. The molecule has 0 aliphatic heterocycles. The molecule has 4 nitrogen and oxygen atoms in total. The number of nitrogens with zero attached hydrogens (tertiary/aromatic N) is 1. The summed E-state index contributed by atoms with van der Waals surface area (Å²) in [7, 11) is 0. The number of aromatic nitrogens is 1. The van der Waals surface area contributed by atoms with Crippen molar-refractivity contribution >= 4 is 17.6 Å². The molecule has 0 atom stereocenters. The summed E-state index contributed by atoms with van der Waals surface area (Å²) >= 11 is 5.17. The highest BCUT2D eigenvalue weighted by Crippen LogP contribution is 2.37. The third kappa shape index (κ3) is 3.89. The highest BCUT2D eigenvalue weighted by atomic mass is 35.5. The predicted octanol–water partition coefficient (Wildman–Crippen LogP) is 3.44. The Morgan fingerprint density at radius 2 is 1.85 bits per heavy atom. The number of halogens is 7. The third-order valence-electron chi connectivity index (χ3n) is 1.93. The van der Waals surface area contributed by atoms with Crippen molar-refractivity contribution in [2.75, 3.05) is 0 Å². The van der Waals surface area contributed by atoms with E-state index in [1.807, 2.05) is 0 Å². The maximum atomic E-state index is 12.7. The molecular weight excluding hydrogens is 320 g/mol. The second-order valence-corrected chi connectivity index (χ2v) is 3.58. The van der Waals surface area contributed by atoms with Crippen molar-refractivity contribution in [1.29, 1.82) is 0 Å². The molecule has 0 spiro atoms. The van der Waals surface area contributed by atoms with Crippen LogP contribution in [0.3, 0.4) is 0 Å². The van der Waals surface area contributed by atoms with Gasteiger partial charge in [-0.05, 0) is 0 Å². The predicted molar refractivity (Wildman–Crippen MR) is 52.4 cm³/mol. The molecule has 0 fully saturated rings. The molecule has 0 saturated carbocycles. The lowest BCUT2D eigenvalue weighted by atomic mass is 10.1. The van der Waals surface area contributed by atoms with Crippen LogP contribution in [0.2, 0.25) is 0 Å². The zero-order valence-electron chi connectivity index (χ0n) is 9.14. The van der Waals surface area contributed by atoms with Crippen molar-refractivity contribution in [3.05, 3.63) is 22.9 Å².